The second-order valence-corrected chi connectivity index (χ2v) is 6.23. The summed E-state index contributed by atoms with van der Waals surface area (Å²) < 4.78 is 11.3. The second kappa shape index (κ2) is 8.85. The molecule has 0 fully saturated rings. The van der Waals surface area contributed by atoms with E-state index in [4.69, 9.17) is 9.47 Å². The number of nitrogens with one attached hydrogen (secondary N) is 1. The number of aromatic amines is 1. The van der Waals surface area contributed by atoms with Crippen molar-refractivity contribution >= 4 is 5.91 Å². The molecule has 1 amide bonds. The lowest BCUT2D eigenvalue weighted by molar-refractivity contribution is 0.0778. The van der Waals surface area contributed by atoms with Gasteiger partial charge in [0.25, 0.3) is 11.5 Å². The van der Waals surface area contributed by atoms with Gasteiger partial charge in [-0.1, -0.05) is 36.4 Å². The molecule has 3 aromatic rings. The fourth-order valence-electron chi connectivity index (χ4n) is 2.67. The van der Waals surface area contributed by atoms with Crippen molar-refractivity contribution in [2.24, 2.45) is 0 Å². The highest BCUT2D eigenvalue weighted by atomic mass is 16.5. The predicted molar refractivity (Wildman–Crippen MR) is 104 cm³/mol. The number of amides is 1. The van der Waals surface area contributed by atoms with Gasteiger partial charge < -0.3 is 14.4 Å². The number of hydrogen-bond acceptors (Lipinski definition) is 5. The predicted octanol–water partition coefficient (Wildman–Crippen LogP) is 2.63. The van der Waals surface area contributed by atoms with Gasteiger partial charge in [-0.25, -0.2) is 5.10 Å². The SMILES string of the molecule is COc1cc(CN(C)C(=O)c2ccc(=O)[nH]n2)ccc1OCc1ccccc1. The number of benzene rings is 2. The fourth-order valence-corrected chi connectivity index (χ4v) is 2.67. The summed E-state index contributed by atoms with van der Waals surface area (Å²) in [6, 6.07) is 18.1. The van der Waals surface area contributed by atoms with Crippen LogP contribution in [0.3, 0.4) is 0 Å². The molecule has 7 heteroatoms. The van der Waals surface area contributed by atoms with Crippen LogP contribution in [-0.2, 0) is 13.2 Å². The normalized spacial score (nSPS) is 10.4. The molecule has 0 spiro atoms. The molecule has 2 aromatic carbocycles. The average Bonchev–Trinajstić information content (AvgIpc) is 2.73. The highest BCUT2D eigenvalue weighted by Gasteiger charge is 2.15. The van der Waals surface area contributed by atoms with E-state index in [1.165, 1.54) is 17.0 Å². The lowest BCUT2D eigenvalue weighted by Crippen LogP contribution is -2.28. The van der Waals surface area contributed by atoms with E-state index in [0.29, 0.717) is 24.7 Å². The number of carbonyl (C=O) groups is 1. The molecule has 0 aliphatic rings. The second-order valence-electron chi connectivity index (χ2n) is 6.23. The van der Waals surface area contributed by atoms with Crippen LogP contribution in [0.2, 0.25) is 0 Å². The summed E-state index contributed by atoms with van der Waals surface area (Å²) >= 11 is 0. The Bertz CT molecular complexity index is 982. The molecule has 7 nitrogen and oxygen atoms in total. The zero-order chi connectivity index (χ0) is 19.9. The summed E-state index contributed by atoms with van der Waals surface area (Å²) in [6.45, 7) is 0.793. The van der Waals surface area contributed by atoms with Gasteiger partial charge in [-0.2, -0.15) is 5.10 Å². The number of ether oxygens (including phenoxy) is 2. The Hall–Kier alpha value is -3.61. The van der Waals surface area contributed by atoms with Crippen molar-refractivity contribution in [1.82, 2.24) is 15.1 Å². The summed E-state index contributed by atoms with van der Waals surface area (Å²) in [5.74, 6) is 0.933. The largest absolute Gasteiger partial charge is 0.493 e. The van der Waals surface area contributed by atoms with E-state index in [1.807, 2.05) is 48.5 Å². The van der Waals surface area contributed by atoms with Gasteiger partial charge in [0.05, 0.1) is 7.11 Å². The molecule has 0 saturated carbocycles. The minimum Gasteiger partial charge on any atom is -0.493 e. The van der Waals surface area contributed by atoms with Gasteiger partial charge in [-0.3, -0.25) is 9.59 Å². The maximum atomic E-state index is 12.4. The fraction of sp³-hybridized carbons (Fsp3) is 0.190. The van der Waals surface area contributed by atoms with Crippen molar-refractivity contribution < 1.29 is 14.3 Å². The molecule has 28 heavy (non-hydrogen) atoms. The molecule has 0 aliphatic carbocycles. The Balaban J connectivity index is 1.68. The van der Waals surface area contributed by atoms with Gasteiger partial charge in [0.1, 0.15) is 12.3 Å². The zero-order valence-corrected chi connectivity index (χ0v) is 15.7. The summed E-state index contributed by atoms with van der Waals surface area (Å²) in [6.07, 6.45) is 0. The third-order valence-corrected chi connectivity index (χ3v) is 4.13. The maximum Gasteiger partial charge on any atom is 0.274 e. The molecule has 0 radical (unpaired) electrons. The van der Waals surface area contributed by atoms with E-state index in [-0.39, 0.29) is 17.2 Å². The van der Waals surface area contributed by atoms with Crippen LogP contribution >= 0.6 is 0 Å². The lowest BCUT2D eigenvalue weighted by Gasteiger charge is -2.18. The van der Waals surface area contributed by atoms with Crippen molar-refractivity contribution in [3.8, 4) is 11.5 Å². The smallest absolute Gasteiger partial charge is 0.274 e. The molecule has 3 rings (SSSR count). The Labute approximate surface area is 162 Å². The van der Waals surface area contributed by atoms with E-state index in [0.717, 1.165) is 11.1 Å². The van der Waals surface area contributed by atoms with Crippen LogP contribution in [0.4, 0.5) is 0 Å². The standard InChI is InChI=1S/C21H21N3O4/c1-24(21(26)17-9-11-20(25)23-22-17)13-16-8-10-18(19(12-16)27-2)28-14-15-6-4-3-5-7-15/h3-12H,13-14H2,1-2H3,(H,23,25). The van der Waals surface area contributed by atoms with Gasteiger partial charge in [0.15, 0.2) is 11.5 Å². The van der Waals surface area contributed by atoms with Crippen LogP contribution in [0.25, 0.3) is 0 Å². The Morgan fingerprint density at radius 1 is 1.04 bits per heavy atom. The van der Waals surface area contributed by atoms with Crippen LogP contribution < -0.4 is 15.0 Å². The van der Waals surface area contributed by atoms with E-state index >= 15 is 0 Å². The van der Waals surface area contributed by atoms with E-state index < -0.39 is 0 Å². The topological polar surface area (TPSA) is 84.5 Å². The Morgan fingerprint density at radius 3 is 2.50 bits per heavy atom. The van der Waals surface area contributed by atoms with Crippen molar-refractivity contribution in [1.29, 1.82) is 0 Å². The molecule has 0 aliphatic heterocycles. The van der Waals surface area contributed by atoms with Gasteiger partial charge in [-0.05, 0) is 29.3 Å². The Kier molecular flexibility index (Phi) is 6.06. The summed E-state index contributed by atoms with van der Waals surface area (Å²) in [5.41, 5.74) is 1.77. The number of hydrogen-bond donors (Lipinski definition) is 1. The van der Waals surface area contributed by atoms with E-state index in [2.05, 4.69) is 10.2 Å². The summed E-state index contributed by atoms with van der Waals surface area (Å²) in [5, 5.41) is 6.03. The first-order chi connectivity index (χ1) is 13.6. The number of H-pyrrole nitrogens is 1. The van der Waals surface area contributed by atoms with Gasteiger partial charge in [-0.15, -0.1) is 0 Å². The van der Waals surface area contributed by atoms with E-state index in [1.54, 1.807) is 14.2 Å². The molecule has 1 aromatic heterocycles. The number of nitrogens with zero attached hydrogens (tertiary/aromatic N) is 2. The van der Waals surface area contributed by atoms with Crippen LogP contribution in [0.1, 0.15) is 21.6 Å². The van der Waals surface area contributed by atoms with Crippen molar-refractivity contribution in [2.45, 2.75) is 13.2 Å². The lowest BCUT2D eigenvalue weighted by atomic mass is 10.2. The van der Waals surface area contributed by atoms with Crippen molar-refractivity contribution in [3.63, 3.8) is 0 Å². The monoisotopic (exact) mass is 379 g/mol. The van der Waals surface area contributed by atoms with Gasteiger partial charge in [0, 0.05) is 19.7 Å². The van der Waals surface area contributed by atoms with Crippen LogP contribution in [0.15, 0.2) is 65.5 Å². The van der Waals surface area contributed by atoms with Crippen molar-refractivity contribution in [2.75, 3.05) is 14.2 Å². The highest BCUT2D eigenvalue weighted by molar-refractivity contribution is 5.91. The number of carbonyl (C=O) groups excluding carboxylic acids is 1. The zero-order valence-electron chi connectivity index (χ0n) is 15.7. The van der Waals surface area contributed by atoms with Gasteiger partial charge >= 0.3 is 0 Å². The molecular formula is C21H21N3O4. The van der Waals surface area contributed by atoms with Crippen LogP contribution in [0, 0.1) is 0 Å². The molecule has 0 bridgehead atoms. The molecule has 0 saturated heterocycles. The minimum absolute atomic E-state index is 0.178. The molecular weight excluding hydrogens is 358 g/mol. The molecule has 1 N–H and O–H groups in total. The first-order valence-corrected chi connectivity index (χ1v) is 8.71. The molecule has 144 valence electrons. The molecule has 1 heterocycles. The van der Waals surface area contributed by atoms with E-state index in [9.17, 15) is 9.59 Å². The summed E-state index contributed by atoms with van der Waals surface area (Å²) in [4.78, 5) is 25.0. The van der Waals surface area contributed by atoms with Crippen molar-refractivity contribution in [3.05, 3.63) is 87.8 Å². The Morgan fingerprint density at radius 2 is 1.82 bits per heavy atom. The maximum absolute atomic E-state index is 12.4. The minimum atomic E-state index is -0.352. The average molecular weight is 379 g/mol. The summed E-state index contributed by atoms with van der Waals surface area (Å²) in [7, 11) is 3.25. The highest BCUT2D eigenvalue weighted by Crippen LogP contribution is 2.29. The first-order valence-electron chi connectivity index (χ1n) is 8.71. The van der Waals surface area contributed by atoms with Crippen LogP contribution in [0.5, 0.6) is 11.5 Å². The number of rotatable bonds is 7. The van der Waals surface area contributed by atoms with Gasteiger partial charge in [0.2, 0.25) is 0 Å². The molecule has 0 unspecified atom stereocenters. The quantitative estimate of drug-likeness (QED) is 0.682. The number of aromatic nitrogens is 2. The molecule has 0 atom stereocenters. The number of methoxy groups -OCH3 is 1. The third-order valence-electron chi connectivity index (χ3n) is 4.13. The third kappa shape index (κ3) is 4.76. The van der Waals surface area contributed by atoms with Crippen LogP contribution in [-0.4, -0.2) is 35.2 Å². The first kappa shape index (κ1) is 19.2.